The average Bonchev–Trinajstić information content (AvgIpc) is 3.38. The Balaban J connectivity index is 1.48. The van der Waals surface area contributed by atoms with Crippen LogP contribution in [0.4, 0.5) is 0 Å². The number of carbonyl (C=O) groups is 1. The van der Waals surface area contributed by atoms with Crippen LogP contribution < -0.4 is 10.1 Å². The summed E-state index contributed by atoms with van der Waals surface area (Å²) >= 11 is 1.73. The molecule has 0 radical (unpaired) electrons. The van der Waals surface area contributed by atoms with E-state index in [2.05, 4.69) is 47.0 Å². The van der Waals surface area contributed by atoms with Gasteiger partial charge in [0.25, 0.3) is 5.91 Å². The summed E-state index contributed by atoms with van der Waals surface area (Å²) in [4.78, 5) is 16.2. The summed E-state index contributed by atoms with van der Waals surface area (Å²) in [6.07, 6.45) is 1.86. The van der Waals surface area contributed by atoms with E-state index in [1.807, 2.05) is 35.7 Å². The molecule has 1 aliphatic rings. The Hall–Kier alpha value is -2.64. The van der Waals surface area contributed by atoms with E-state index >= 15 is 0 Å². The van der Waals surface area contributed by atoms with Gasteiger partial charge in [-0.25, -0.2) is 0 Å². The number of ether oxygens (including phenoxy) is 1. The molecule has 0 aliphatic carbocycles. The number of hydrogen-bond acceptors (Lipinski definition) is 5. The first kappa shape index (κ1) is 21.6. The summed E-state index contributed by atoms with van der Waals surface area (Å²) in [5, 5.41) is 9.75. The molecule has 7 heteroatoms. The van der Waals surface area contributed by atoms with Crippen molar-refractivity contribution in [2.75, 3.05) is 20.1 Å². The second-order valence-corrected chi connectivity index (χ2v) is 9.06. The van der Waals surface area contributed by atoms with E-state index < -0.39 is 0 Å². The molecular formula is C24H30N4O2S. The Morgan fingerprint density at radius 1 is 1.23 bits per heavy atom. The quantitative estimate of drug-likeness (QED) is 0.568. The molecule has 6 nitrogen and oxygen atoms in total. The van der Waals surface area contributed by atoms with Gasteiger partial charge in [-0.3, -0.25) is 9.48 Å². The number of amides is 1. The molecule has 0 spiro atoms. The number of aryl methyl sites for hydroxylation is 3. The molecule has 0 fully saturated rings. The van der Waals surface area contributed by atoms with E-state index in [9.17, 15) is 4.79 Å². The van der Waals surface area contributed by atoms with Crippen molar-refractivity contribution in [3.8, 4) is 5.75 Å². The first-order valence-electron chi connectivity index (χ1n) is 10.8. The van der Waals surface area contributed by atoms with Gasteiger partial charge in [-0.1, -0.05) is 12.1 Å². The van der Waals surface area contributed by atoms with E-state index in [1.165, 1.54) is 4.88 Å². The number of hydrogen-bond donors (Lipinski definition) is 1. The third kappa shape index (κ3) is 4.99. The van der Waals surface area contributed by atoms with E-state index in [1.54, 1.807) is 11.3 Å². The molecule has 1 amide bonds. The highest BCUT2D eigenvalue weighted by atomic mass is 32.1. The summed E-state index contributed by atoms with van der Waals surface area (Å²) in [7, 11) is 1.96. The van der Waals surface area contributed by atoms with Crippen molar-refractivity contribution >= 4 is 17.2 Å². The molecule has 0 bridgehead atoms. The number of thiophene rings is 1. The van der Waals surface area contributed by atoms with Crippen LogP contribution >= 0.6 is 11.3 Å². The van der Waals surface area contributed by atoms with E-state index in [0.717, 1.165) is 55.0 Å². The van der Waals surface area contributed by atoms with E-state index in [4.69, 9.17) is 4.74 Å². The number of aromatic nitrogens is 2. The van der Waals surface area contributed by atoms with Crippen LogP contribution in [0.3, 0.4) is 0 Å². The Labute approximate surface area is 187 Å². The minimum atomic E-state index is 0.0356. The fourth-order valence-corrected chi connectivity index (χ4v) is 4.80. The first-order chi connectivity index (χ1) is 15.0. The van der Waals surface area contributed by atoms with Crippen molar-refractivity contribution in [3.05, 3.63) is 69.2 Å². The van der Waals surface area contributed by atoms with Gasteiger partial charge in [0.2, 0.25) is 0 Å². The lowest BCUT2D eigenvalue weighted by atomic mass is 10.1. The van der Waals surface area contributed by atoms with Gasteiger partial charge in [0.05, 0.1) is 5.69 Å². The van der Waals surface area contributed by atoms with E-state index in [-0.39, 0.29) is 12.0 Å². The zero-order valence-electron chi connectivity index (χ0n) is 18.4. The summed E-state index contributed by atoms with van der Waals surface area (Å²) < 4.78 is 8.20. The van der Waals surface area contributed by atoms with Gasteiger partial charge in [0.15, 0.2) is 0 Å². The number of carbonyl (C=O) groups excluding carboxylic acids is 1. The second kappa shape index (κ2) is 9.66. The highest BCUT2D eigenvalue weighted by Crippen LogP contribution is 2.29. The minimum absolute atomic E-state index is 0.0356. The van der Waals surface area contributed by atoms with Crippen LogP contribution in [0.25, 0.3) is 0 Å². The minimum Gasteiger partial charge on any atom is -0.485 e. The predicted octanol–water partition coefficient (Wildman–Crippen LogP) is 4.34. The lowest BCUT2D eigenvalue weighted by molar-refractivity contribution is 0.0745. The summed E-state index contributed by atoms with van der Waals surface area (Å²) in [6, 6.07) is 12.3. The normalized spacial score (nSPS) is 14.9. The van der Waals surface area contributed by atoms with Crippen LogP contribution in [0.15, 0.2) is 41.8 Å². The highest BCUT2D eigenvalue weighted by molar-refractivity contribution is 7.10. The van der Waals surface area contributed by atoms with Crippen molar-refractivity contribution in [1.82, 2.24) is 20.0 Å². The van der Waals surface area contributed by atoms with Gasteiger partial charge in [-0.2, -0.15) is 5.10 Å². The monoisotopic (exact) mass is 438 g/mol. The Bertz CT molecular complexity index is 1030. The molecule has 4 rings (SSSR count). The molecule has 2 aromatic heterocycles. The van der Waals surface area contributed by atoms with Gasteiger partial charge in [-0.15, -0.1) is 11.3 Å². The van der Waals surface area contributed by atoms with Gasteiger partial charge < -0.3 is 15.0 Å². The molecular weight excluding hydrogens is 408 g/mol. The van der Waals surface area contributed by atoms with Crippen LogP contribution in [-0.2, 0) is 13.1 Å². The molecule has 3 heterocycles. The molecule has 1 aliphatic heterocycles. The molecule has 1 aromatic carbocycles. The van der Waals surface area contributed by atoms with Crippen LogP contribution in [0, 0.1) is 13.8 Å². The fraction of sp³-hybridized carbons (Fsp3) is 0.417. The molecule has 1 atom stereocenters. The van der Waals surface area contributed by atoms with Crippen molar-refractivity contribution in [1.29, 1.82) is 0 Å². The number of nitrogens with zero attached hydrogens (tertiary/aromatic N) is 3. The number of rotatable bonds is 8. The van der Waals surface area contributed by atoms with Gasteiger partial charge >= 0.3 is 0 Å². The smallest absolute Gasteiger partial charge is 0.272 e. The maximum absolute atomic E-state index is 13.0. The number of fused-ring (bicyclic) bond motifs is 1. The van der Waals surface area contributed by atoms with Gasteiger partial charge in [0, 0.05) is 30.9 Å². The average molecular weight is 439 g/mol. The van der Waals surface area contributed by atoms with E-state index in [0.29, 0.717) is 12.2 Å². The largest absolute Gasteiger partial charge is 0.485 e. The van der Waals surface area contributed by atoms with Crippen molar-refractivity contribution in [2.24, 2.45) is 0 Å². The zero-order chi connectivity index (χ0) is 21.8. The fourth-order valence-electron chi connectivity index (χ4n) is 4.01. The summed E-state index contributed by atoms with van der Waals surface area (Å²) in [5.74, 6) is 0.925. The lowest BCUT2D eigenvalue weighted by Gasteiger charge is -2.22. The Kier molecular flexibility index (Phi) is 6.73. The maximum Gasteiger partial charge on any atom is 0.272 e. The summed E-state index contributed by atoms with van der Waals surface area (Å²) in [6.45, 7) is 7.04. The maximum atomic E-state index is 13.0. The van der Waals surface area contributed by atoms with Crippen LogP contribution in [0.2, 0.25) is 0 Å². The third-order valence-electron chi connectivity index (χ3n) is 5.68. The third-order valence-corrected chi connectivity index (χ3v) is 6.64. The van der Waals surface area contributed by atoms with Crippen molar-refractivity contribution < 1.29 is 9.53 Å². The molecule has 1 N–H and O–H groups in total. The molecule has 1 unspecified atom stereocenters. The number of nitrogens with one attached hydrogen (secondary N) is 1. The Morgan fingerprint density at radius 2 is 2.10 bits per heavy atom. The van der Waals surface area contributed by atoms with Gasteiger partial charge in [0.1, 0.15) is 17.5 Å². The lowest BCUT2D eigenvalue weighted by Crippen LogP contribution is -2.30. The van der Waals surface area contributed by atoms with Crippen molar-refractivity contribution in [2.45, 2.75) is 45.9 Å². The zero-order valence-corrected chi connectivity index (χ0v) is 19.2. The predicted molar refractivity (Wildman–Crippen MR) is 124 cm³/mol. The summed E-state index contributed by atoms with van der Waals surface area (Å²) in [5.41, 5.74) is 3.86. The number of benzene rings is 1. The second-order valence-electron chi connectivity index (χ2n) is 8.08. The van der Waals surface area contributed by atoms with Gasteiger partial charge in [-0.05, 0) is 74.6 Å². The van der Waals surface area contributed by atoms with Crippen LogP contribution in [0.5, 0.6) is 5.75 Å². The molecule has 164 valence electrons. The van der Waals surface area contributed by atoms with Crippen LogP contribution in [0.1, 0.15) is 51.1 Å². The SMILES string of the molecule is CNCCC(Oc1ccc(CN2CCCn3nc(C)cc3C2=O)c(C)c1)c1cccs1. The van der Waals surface area contributed by atoms with Crippen LogP contribution in [-0.4, -0.2) is 40.7 Å². The van der Waals surface area contributed by atoms with Crippen molar-refractivity contribution in [3.63, 3.8) is 0 Å². The Morgan fingerprint density at radius 3 is 2.84 bits per heavy atom. The highest BCUT2D eigenvalue weighted by Gasteiger charge is 2.24. The topological polar surface area (TPSA) is 59.4 Å². The molecule has 0 saturated carbocycles. The molecule has 31 heavy (non-hydrogen) atoms. The molecule has 3 aromatic rings. The first-order valence-corrected chi connectivity index (χ1v) is 11.7. The molecule has 0 saturated heterocycles. The standard InChI is InChI=1S/C24H30N4O2S/c1-17-14-20(30-22(9-10-25-3)23-6-4-13-31-23)8-7-19(17)16-27-11-5-12-28-21(24(27)29)15-18(2)26-28/h4,6-8,13-15,22,25H,5,9-12,16H2,1-3H3.